The Morgan fingerprint density at radius 1 is 1.37 bits per heavy atom. The number of nitrogens with one attached hydrogen (secondary N) is 1. The average Bonchev–Trinajstić information content (AvgIpc) is 2.43. The first kappa shape index (κ1) is 17.3. The predicted molar refractivity (Wildman–Crippen MR) is 83.6 cm³/mol. The molecular formula is C14H31N2O2P. The molecule has 5 heteroatoms. The summed E-state index contributed by atoms with van der Waals surface area (Å²) in [4.78, 5) is 2.46. The van der Waals surface area contributed by atoms with E-state index in [-0.39, 0.29) is 0 Å². The molecule has 19 heavy (non-hydrogen) atoms. The monoisotopic (exact) mass is 290 g/mol. The zero-order valence-corrected chi connectivity index (χ0v) is 13.6. The van der Waals surface area contributed by atoms with Crippen molar-refractivity contribution in [2.45, 2.75) is 32.3 Å². The van der Waals surface area contributed by atoms with Gasteiger partial charge in [0.1, 0.15) is 0 Å². The van der Waals surface area contributed by atoms with Crippen molar-refractivity contribution in [3.8, 4) is 0 Å². The molecule has 1 rings (SSSR count). The molecule has 1 fully saturated rings. The van der Waals surface area contributed by atoms with Crippen LogP contribution >= 0.6 is 8.58 Å². The van der Waals surface area contributed by atoms with E-state index in [1.54, 1.807) is 0 Å². The van der Waals surface area contributed by atoms with Gasteiger partial charge in [-0.1, -0.05) is 19.8 Å². The van der Waals surface area contributed by atoms with Gasteiger partial charge in [0.25, 0.3) is 0 Å². The van der Waals surface area contributed by atoms with E-state index in [9.17, 15) is 0 Å². The first-order chi connectivity index (χ1) is 9.36. The SMILES string of the molecule is CCCCCOCCN1CCOC(CNCPC)C1. The Kier molecular flexibility index (Phi) is 11.0. The quantitative estimate of drug-likeness (QED) is 0.464. The van der Waals surface area contributed by atoms with E-state index in [0.717, 1.165) is 60.9 Å². The molecule has 0 aromatic heterocycles. The number of rotatable bonds is 11. The minimum Gasteiger partial charge on any atom is -0.380 e. The highest BCUT2D eigenvalue weighted by Crippen LogP contribution is 2.05. The van der Waals surface area contributed by atoms with Crippen LogP contribution in [0.3, 0.4) is 0 Å². The zero-order valence-electron chi connectivity index (χ0n) is 12.6. The summed E-state index contributed by atoms with van der Waals surface area (Å²) in [6, 6.07) is 0. The van der Waals surface area contributed by atoms with Gasteiger partial charge in [-0.2, -0.15) is 0 Å². The maximum atomic E-state index is 5.77. The van der Waals surface area contributed by atoms with Gasteiger partial charge in [-0.15, -0.1) is 8.58 Å². The molecule has 1 heterocycles. The molecule has 2 atom stereocenters. The Morgan fingerprint density at radius 2 is 2.26 bits per heavy atom. The van der Waals surface area contributed by atoms with E-state index in [4.69, 9.17) is 9.47 Å². The molecule has 0 saturated carbocycles. The van der Waals surface area contributed by atoms with Gasteiger partial charge in [-0.3, -0.25) is 4.90 Å². The highest BCUT2D eigenvalue weighted by atomic mass is 31.1. The molecular weight excluding hydrogens is 259 g/mol. The second kappa shape index (κ2) is 12.0. The van der Waals surface area contributed by atoms with Crippen molar-refractivity contribution in [2.75, 3.05) is 59.0 Å². The van der Waals surface area contributed by atoms with Crippen molar-refractivity contribution in [2.24, 2.45) is 0 Å². The van der Waals surface area contributed by atoms with Crippen LogP contribution in [0, 0.1) is 0 Å². The molecule has 1 N–H and O–H groups in total. The lowest BCUT2D eigenvalue weighted by atomic mass is 10.2. The molecule has 0 spiro atoms. The zero-order chi connectivity index (χ0) is 13.8. The third kappa shape index (κ3) is 8.93. The molecule has 0 bridgehead atoms. The minimum absolute atomic E-state index is 0.352. The number of ether oxygens (including phenoxy) is 2. The Morgan fingerprint density at radius 3 is 3.05 bits per heavy atom. The molecule has 1 aliphatic rings. The number of morpholine rings is 1. The normalized spacial score (nSPS) is 21.5. The van der Waals surface area contributed by atoms with Crippen molar-refractivity contribution in [3.63, 3.8) is 0 Å². The third-order valence-corrected chi connectivity index (χ3v) is 3.94. The fraction of sp³-hybridized carbons (Fsp3) is 1.00. The summed E-state index contributed by atoms with van der Waals surface area (Å²) in [6.45, 7) is 11.2. The number of unbranched alkanes of at least 4 members (excludes halogenated alkanes) is 2. The predicted octanol–water partition coefficient (Wildman–Crippen LogP) is 1.75. The van der Waals surface area contributed by atoms with E-state index >= 15 is 0 Å². The fourth-order valence-corrected chi connectivity index (χ4v) is 2.61. The van der Waals surface area contributed by atoms with E-state index < -0.39 is 0 Å². The molecule has 0 aromatic rings. The van der Waals surface area contributed by atoms with Crippen LogP contribution in [0.15, 0.2) is 0 Å². The fourth-order valence-electron chi connectivity index (χ4n) is 2.22. The van der Waals surface area contributed by atoms with E-state index in [2.05, 4.69) is 23.8 Å². The van der Waals surface area contributed by atoms with Crippen LogP contribution < -0.4 is 5.32 Å². The van der Waals surface area contributed by atoms with Crippen molar-refractivity contribution in [1.29, 1.82) is 0 Å². The minimum atomic E-state index is 0.352. The summed E-state index contributed by atoms with van der Waals surface area (Å²) in [7, 11) is 0.972. The van der Waals surface area contributed by atoms with Gasteiger partial charge in [0.15, 0.2) is 0 Å². The van der Waals surface area contributed by atoms with Crippen molar-refractivity contribution >= 4 is 8.58 Å². The first-order valence-corrected chi connectivity index (χ1v) is 9.34. The van der Waals surface area contributed by atoms with Crippen LogP contribution in [0.2, 0.25) is 0 Å². The molecule has 4 nitrogen and oxygen atoms in total. The summed E-state index contributed by atoms with van der Waals surface area (Å²) in [6.07, 6.45) is 5.21. The number of nitrogens with zero attached hydrogens (tertiary/aromatic N) is 1. The van der Waals surface area contributed by atoms with Crippen molar-refractivity contribution in [1.82, 2.24) is 10.2 Å². The van der Waals surface area contributed by atoms with Crippen LogP contribution in [-0.4, -0.2) is 70.0 Å². The highest BCUT2D eigenvalue weighted by molar-refractivity contribution is 7.36. The van der Waals surface area contributed by atoms with Gasteiger partial charge < -0.3 is 14.8 Å². The van der Waals surface area contributed by atoms with Crippen molar-refractivity contribution in [3.05, 3.63) is 0 Å². The van der Waals surface area contributed by atoms with Crippen molar-refractivity contribution < 1.29 is 9.47 Å². The molecule has 1 saturated heterocycles. The summed E-state index contributed by atoms with van der Waals surface area (Å²) < 4.78 is 11.4. The van der Waals surface area contributed by atoms with Crippen LogP contribution in [-0.2, 0) is 9.47 Å². The second-order valence-electron chi connectivity index (χ2n) is 5.10. The molecule has 0 aromatic carbocycles. The molecule has 1 aliphatic heterocycles. The standard InChI is InChI=1S/C14H31N2O2P/c1-3-4-5-8-17-9-6-16-7-10-18-14(12-16)11-15-13-19-2/h14-15,19H,3-13H2,1-2H3. The van der Waals surface area contributed by atoms with Gasteiger partial charge >= 0.3 is 0 Å². The largest absolute Gasteiger partial charge is 0.380 e. The highest BCUT2D eigenvalue weighted by Gasteiger charge is 2.19. The topological polar surface area (TPSA) is 33.7 Å². The maximum absolute atomic E-state index is 5.77. The van der Waals surface area contributed by atoms with E-state index in [1.807, 2.05) is 0 Å². The Bertz CT molecular complexity index is 208. The van der Waals surface area contributed by atoms with E-state index in [0.29, 0.717) is 6.10 Å². The molecule has 2 unspecified atom stereocenters. The summed E-state index contributed by atoms with van der Waals surface area (Å²) in [5.41, 5.74) is 0. The number of hydrogen-bond acceptors (Lipinski definition) is 4. The van der Waals surface area contributed by atoms with Crippen LogP contribution in [0.1, 0.15) is 26.2 Å². The van der Waals surface area contributed by atoms with Gasteiger partial charge in [-0.25, -0.2) is 0 Å². The molecule has 0 aliphatic carbocycles. The summed E-state index contributed by atoms with van der Waals surface area (Å²) in [5, 5.41) is 3.45. The van der Waals surface area contributed by atoms with Gasteiger partial charge in [0.05, 0.1) is 19.3 Å². The Balaban J connectivity index is 2.00. The second-order valence-corrected chi connectivity index (χ2v) is 6.16. The van der Waals surface area contributed by atoms with Gasteiger partial charge in [0, 0.05) is 39.1 Å². The Hall–Kier alpha value is 0.270. The van der Waals surface area contributed by atoms with Crippen LogP contribution in [0.5, 0.6) is 0 Å². The first-order valence-electron chi connectivity index (χ1n) is 7.63. The lowest BCUT2D eigenvalue weighted by Gasteiger charge is -2.33. The maximum Gasteiger partial charge on any atom is 0.0826 e. The summed E-state index contributed by atoms with van der Waals surface area (Å²) >= 11 is 0. The lowest BCUT2D eigenvalue weighted by molar-refractivity contribution is -0.0344. The summed E-state index contributed by atoms with van der Waals surface area (Å²) in [5.74, 6) is 0. The van der Waals surface area contributed by atoms with Crippen LogP contribution in [0.4, 0.5) is 0 Å². The van der Waals surface area contributed by atoms with Gasteiger partial charge in [-0.05, 0) is 13.1 Å². The van der Waals surface area contributed by atoms with Gasteiger partial charge in [0.2, 0.25) is 0 Å². The lowest BCUT2D eigenvalue weighted by Crippen LogP contribution is -2.47. The third-order valence-electron chi connectivity index (χ3n) is 3.34. The molecule has 0 radical (unpaired) electrons. The number of hydrogen-bond donors (Lipinski definition) is 1. The molecule has 114 valence electrons. The smallest absolute Gasteiger partial charge is 0.0826 e. The van der Waals surface area contributed by atoms with E-state index in [1.165, 1.54) is 19.3 Å². The molecule has 0 amide bonds. The van der Waals surface area contributed by atoms with Crippen LogP contribution in [0.25, 0.3) is 0 Å². The Labute approximate surface area is 120 Å². The average molecular weight is 290 g/mol.